The molecular formula is C8H3Cl2N2S. The van der Waals surface area contributed by atoms with Gasteiger partial charge in [-0.3, -0.25) is 4.98 Å². The summed E-state index contributed by atoms with van der Waals surface area (Å²) in [4.78, 5) is 8.13. The summed E-state index contributed by atoms with van der Waals surface area (Å²) in [7, 11) is 0. The third-order valence-corrected chi connectivity index (χ3v) is 2.61. The normalized spacial score (nSPS) is 10.3. The molecule has 2 aromatic rings. The van der Waals surface area contributed by atoms with E-state index in [1.807, 2.05) is 0 Å². The second-order valence-corrected chi connectivity index (χ2v) is 3.94. The van der Waals surface area contributed by atoms with Gasteiger partial charge in [0.2, 0.25) is 0 Å². The van der Waals surface area contributed by atoms with E-state index < -0.39 is 0 Å². The maximum Gasteiger partial charge on any atom is 0.143 e. The minimum atomic E-state index is 0.510. The monoisotopic (exact) mass is 229 g/mol. The quantitative estimate of drug-likeness (QED) is 0.750. The summed E-state index contributed by atoms with van der Waals surface area (Å²) in [6.07, 6.45) is 3.14. The lowest BCUT2D eigenvalue weighted by molar-refractivity contribution is 1.29. The molecule has 13 heavy (non-hydrogen) atoms. The van der Waals surface area contributed by atoms with E-state index in [4.69, 9.17) is 23.2 Å². The Balaban J connectivity index is 2.53. The van der Waals surface area contributed by atoms with Crippen LogP contribution in [0.25, 0.3) is 10.7 Å². The van der Waals surface area contributed by atoms with Crippen molar-refractivity contribution in [3.05, 3.63) is 33.9 Å². The molecule has 2 aromatic heterocycles. The number of thiazole rings is 1. The number of halogens is 2. The van der Waals surface area contributed by atoms with E-state index in [0.717, 1.165) is 5.01 Å². The fourth-order valence-electron chi connectivity index (χ4n) is 0.875. The molecule has 0 atom stereocenters. The van der Waals surface area contributed by atoms with Gasteiger partial charge in [0.05, 0.1) is 15.4 Å². The van der Waals surface area contributed by atoms with Crippen LogP contribution in [0.3, 0.4) is 0 Å². The molecule has 1 radical (unpaired) electrons. The Bertz CT molecular complexity index is 414. The van der Waals surface area contributed by atoms with Gasteiger partial charge in [-0.25, -0.2) is 4.98 Å². The van der Waals surface area contributed by atoms with E-state index in [9.17, 15) is 0 Å². The maximum absolute atomic E-state index is 5.93. The van der Waals surface area contributed by atoms with Crippen LogP contribution in [0, 0.1) is 5.38 Å². The molecule has 0 saturated heterocycles. The summed E-state index contributed by atoms with van der Waals surface area (Å²) >= 11 is 13.0. The summed E-state index contributed by atoms with van der Waals surface area (Å²) in [6.45, 7) is 0. The Morgan fingerprint density at radius 3 is 2.77 bits per heavy atom. The van der Waals surface area contributed by atoms with Gasteiger partial charge in [-0.2, -0.15) is 0 Å². The van der Waals surface area contributed by atoms with Crippen molar-refractivity contribution in [2.75, 3.05) is 0 Å². The fourth-order valence-corrected chi connectivity index (χ4v) is 1.98. The van der Waals surface area contributed by atoms with Crippen LogP contribution >= 0.6 is 34.5 Å². The molecule has 0 aromatic carbocycles. The lowest BCUT2D eigenvalue weighted by atomic mass is 10.3. The number of hydrogen-bond donors (Lipinski definition) is 0. The lowest BCUT2D eigenvalue weighted by Gasteiger charge is -1.98. The van der Waals surface area contributed by atoms with Crippen molar-refractivity contribution in [1.82, 2.24) is 9.97 Å². The molecule has 65 valence electrons. The van der Waals surface area contributed by atoms with Crippen molar-refractivity contribution in [3.8, 4) is 10.7 Å². The van der Waals surface area contributed by atoms with Gasteiger partial charge in [0, 0.05) is 12.4 Å². The van der Waals surface area contributed by atoms with Gasteiger partial charge in [0.25, 0.3) is 0 Å². The average Bonchev–Trinajstić information content (AvgIpc) is 2.56. The van der Waals surface area contributed by atoms with Crippen LogP contribution in [0.15, 0.2) is 18.5 Å². The molecule has 0 aliphatic rings. The summed E-state index contributed by atoms with van der Waals surface area (Å²) in [6, 6.07) is 1.65. The molecule has 0 N–H and O–H groups in total. The smallest absolute Gasteiger partial charge is 0.143 e. The minimum Gasteiger partial charge on any atom is -0.251 e. The Labute approximate surface area is 89.2 Å². The molecule has 0 aliphatic heterocycles. The van der Waals surface area contributed by atoms with Gasteiger partial charge >= 0.3 is 0 Å². The molecule has 0 aliphatic carbocycles. The van der Waals surface area contributed by atoms with E-state index in [1.54, 1.807) is 18.5 Å². The first kappa shape index (κ1) is 8.94. The molecule has 0 fully saturated rings. The van der Waals surface area contributed by atoms with Gasteiger partial charge in [-0.05, 0) is 6.07 Å². The maximum atomic E-state index is 5.93. The van der Waals surface area contributed by atoms with Gasteiger partial charge in [-0.15, -0.1) is 11.3 Å². The Morgan fingerprint density at radius 1 is 1.31 bits per heavy atom. The largest absolute Gasteiger partial charge is 0.251 e. The van der Waals surface area contributed by atoms with Crippen molar-refractivity contribution >= 4 is 34.5 Å². The summed E-state index contributed by atoms with van der Waals surface area (Å²) < 4.78 is 0. The molecule has 5 heteroatoms. The van der Waals surface area contributed by atoms with E-state index in [0.29, 0.717) is 15.7 Å². The zero-order valence-corrected chi connectivity index (χ0v) is 8.62. The van der Waals surface area contributed by atoms with Gasteiger partial charge in [0.15, 0.2) is 0 Å². The van der Waals surface area contributed by atoms with Crippen LogP contribution in [0.5, 0.6) is 0 Å². The topological polar surface area (TPSA) is 25.8 Å². The summed E-state index contributed by atoms with van der Waals surface area (Å²) in [5.41, 5.74) is 0.650. The van der Waals surface area contributed by atoms with Crippen molar-refractivity contribution < 1.29 is 0 Å². The van der Waals surface area contributed by atoms with Crippen molar-refractivity contribution in [2.24, 2.45) is 0 Å². The molecular weight excluding hydrogens is 227 g/mol. The summed E-state index contributed by atoms with van der Waals surface area (Å²) in [5, 5.41) is 4.65. The third kappa shape index (κ3) is 1.82. The number of rotatable bonds is 1. The Morgan fingerprint density at radius 2 is 2.15 bits per heavy atom. The van der Waals surface area contributed by atoms with Crippen LogP contribution in [0.4, 0.5) is 0 Å². The predicted octanol–water partition coefficient (Wildman–Crippen LogP) is 3.31. The first-order valence-corrected chi connectivity index (χ1v) is 4.98. The first-order valence-electron chi connectivity index (χ1n) is 3.40. The molecule has 0 bridgehead atoms. The summed E-state index contributed by atoms with van der Waals surface area (Å²) in [5.74, 6) is 0. The van der Waals surface area contributed by atoms with E-state index in [1.165, 1.54) is 11.3 Å². The minimum absolute atomic E-state index is 0.510. The first-order chi connectivity index (χ1) is 6.27. The highest BCUT2D eigenvalue weighted by molar-refractivity contribution is 7.12. The zero-order valence-electron chi connectivity index (χ0n) is 6.29. The SMILES string of the molecule is Clc1cnc(-c2nc[c]s2)c(Cl)c1. The van der Waals surface area contributed by atoms with Gasteiger partial charge in [-0.1, -0.05) is 23.2 Å². The van der Waals surface area contributed by atoms with E-state index in [-0.39, 0.29) is 0 Å². The van der Waals surface area contributed by atoms with Gasteiger partial charge < -0.3 is 0 Å². The molecule has 0 spiro atoms. The Kier molecular flexibility index (Phi) is 2.49. The third-order valence-electron chi connectivity index (χ3n) is 1.40. The van der Waals surface area contributed by atoms with E-state index >= 15 is 0 Å². The second-order valence-electron chi connectivity index (χ2n) is 2.27. The molecule has 0 unspecified atom stereocenters. The van der Waals surface area contributed by atoms with Crippen LogP contribution in [-0.2, 0) is 0 Å². The van der Waals surface area contributed by atoms with Crippen LogP contribution in [0.1, 0.15) is 0 Å². The lowest BCUT2D eigenvalue weighted by Crippen LogP contribution is -1.83. The number of pyridine rings is 1. The number of nitrogens with zero attached hydrogens (tertiary/aromatic N) is 2. The second kappa shape index (κ2) is 3.62. The fraction of sp³-hybridized carbons (Fsp3) is 0. The highest BCUT2D eigenvalue weighted by Crippen LogP contribution is 2.28. The molecule has 2 rings (SSSR count). The van der Waals surface area contributed by atoms with Crippen molar-refractivity contribution in [1.29, 1.82) is 0 Å². The predicted molar refractivity (Wildman–Crippen MR) is 54.2 cm³/mol. The Hall–Kier alpha value is -0.640. The van der Waals surface area contributed by atoms with Crippen LogP contribution < -0.4 is 0 Å². The van der Waals surface area contributed by atoms with Crippen LogP contribution in [-0.4, -0.2) is 9.97 Å². The zero-order chi connectivity index (χ0) is 9.26. The van der Waals surface area contributed by atoms with Gasteiger partial charge in [0.1, 0.15) is 10.7 Å². The average molecular weight is 230 g/mol. The van der Waals surface area contributed by atoms with Crippen molar-refractivity contribution in [2.45, 2.75) is 0 Å². The highest BCUT2D eigenvalue weighted by Gasteiger charge is 2.07. The standard InChI is InChI=1S/C8H3Cl2N2S/c9-5-3-6(10)7(12-4-5)8-11-1-2-13-8/h1,3-4H. The molecule has 0 saturated carbocycles. The molecule has 2 nitrogen and oxygen atoms in total. The highest BCUT2D eigenvalue weighted by atomic mass is 35.5. The number of aromatic nitrogens is 2. The number of hydrogen-bond acceptors (Lipinski definition) is 3. The van der Waals surface area contributed by atoms with E-state index in [2.05, 4.69) is 15.3 Å². The molecule has 2 heterocycles. The van der Waals surface area contributed by atoms with Crippen molar-refractivity contribution in [3.63, 3.8) is 0 Å². The molecule has 0 amide bonds. The van der Waals surface area contributed by atoms with Crippen LogP contribution in [0.2, 0.25) is 10.0 Å².